The second-order valence-electron chi connectivity index (χ2n) is 29.4. The minimum absolute atomic E-state index is 0.0351. The van der Waals surface area contributed by atoms with Crippen molar-refractivity contribution in [3.8, 4) is 5.75 Å². The van der Waals surface area contributed by atoms with E-state index in [0.29, 0.717) is 133 Å². The van der Waals surface area contributed by atoms with E-state index in [4.69, 9.17) is 16.2 Å². The number of thioether (sulfide) groups is 2. The fraction of sp³-hybridized carbons (Fsp3) is 0.757. The summed E-state index contributed by atoms with van der Waals surface area (Å²) in [6, 6.07) is -4.80. The number of ether oxygens (including phenoxy) is 1. The zero-order valence-electron chi connectivity index (χ0n) is 58.5. The number of carbonyl (C=O) groups is 11. The minimum atomic E-state index is -1.90. The Morgan fingerprint density at radius 2 is 1.25 bits per heavy atom. The standard InChI is InChI=1S/C70H108F2N14O14S2/c1-100-49-20-39-19-40(21-49)35-102-36-59(63(74)92)85-69(98)60-6-4-17-86(60)70(99)58(22-38-7-11-47(87)12-8-38)84-67(96)56(28-46-32-75-37-79-46)82-68(97)57(29-62(90)91)83-66(95)55(25-43-31-77-53-14-10-45(72)27-51(43)53)81-65(94)54(24-42-30-76-52-13-9-44(71)26-50(42)52)80-61(89)33-78-64(93)41(5-2-3-16-73)23-48(88)15-18-101-34-39/h19-21,38,41-47,50-60,75-77,79,87H,2-18,22-37,73H2,1H3,(H2,74,92)(H,78,93)(H,80,89)(H,81,94)(H,82,97)(H,83,95)(H,84,96)(H,85,98)(H,90,91)/t38?,41-,42?,43?,44?,45?,46?,47?,50?,51?,52?,53?,54+,55?,56+,57+,58+,59+,60+/m1/s1. The normalized spacial score (nSPS) is 34.5. The number of nitrogens with zero attached hydrogens (tertiary/aromatic N) is 1. The van der Waals surface area contributed by atoms with Crippen LogP contribution in [0.3, 0.4) is 0 Å². The van der Waals surface area contributed by atoms with Crippen LogP contribution in [0, 0.1) is 35.5 Å². The van der Waals surface area contributed by atoms with Crippen molar-refractivity contribution in [2.75, 3.05) is 64.6 Å². The number of unbranched alkanes of at least 4 members (excludes halogenated alkanes) is 1. The monoisotopic (exact) mass is 1470 g/mol. The van der Waals surface area contributed by atoms with Crippen LogP contribution in [0.4, 0.5) is 8.78 Å². The molecular weight excluding hydrogens is 1360 g/mol. The Bertz CT molecular complexity index is 3080. The Morgan fingerprint density at radius 1 is 0.657 bits per heavy atom. The van der Waals surface area contributed by atoms with Crippen LogP contribution < -0.4 is 74.7 Å². The molecule has 0 spiro atoms. The van der Waals surface area contributed by atoms with Crippen LogP contribution in [-0.2, 0) is 64.2 Å². The van der Waals surface area contributed by atoms with Crippen molar-refractivity contribution in [3.63, 3.8) is 0 Å². The van der Waals surface area contributed by atoms with E-state index in [1.165, 1.54) is 35.5 Å². The maximum absolute atomic E-state index is 15.3. The van der Waals surface area contributed by atoms with Gasteiger partial charge in [-0.3, -0.25) is 52.7 Å². The quantitative estimate of drug-likeness (QED) is 0.0992. The number of carboxylic acid groups (broad SMARTS) is 1. The van der Waals surface area contributed by atoms with E-state index in [2.05, 4.69) is 58.5 Å². The molecule has 32 heteroatoms. The summed E-state index contributed by atoms with van der Waals surface area (Å²) in [7, 11) is 1.54. The number of fused-ring (bicyclic) bond motifs is 5. The van der Waals surface area contributed by atoms with E-state index in [0.717, 1.165) is 11.1 Å². The van der Waals surface area contributed by atoms with Gasteiger partial charge >= 0.3 is 5.97 Å². The van der Waals surface area contributed by atoms with Crippen LogP contribution in [0.15, 0.2) is 18.2 Å². The van der Waals surface area contributed by atoms with Crippen molar-refractivity contribution in [2.45, 2.75) is 232 Å². The molecule has 28 nitrogen and oxygen atoms in total. The highest BCUT2D eigenvalue weighted by Crippen LogP contribution is 2.40. The first-order chi connectivity index (χ1) is 49.0. The van der Waals surface area contributed by atoms with Crippen LogP contribution in [0.25, 0.3) is 0 Å². The molecular formula is C70H108F2N14O14S2. The first kappa shape index (κ1) is 79.8. The summed E-state index contributed by atoms with van der Waals surface area (Å²) in [5.74, 6) is -9.29. The number of hydrogen-bond acceptors (Lipinski definition) is 20. The average Bonchev–Trinajstić information content (AvgIpc) is 1.63. The number of aliphatic hydroxyl groups excluding tert-OH is 1. The van der Waals surface area contributed by atoms with Gasteiger partial charge in [0, 0.05) is 79.7 Å². The molecule has 3 saturated carbocycles. The number of nitrogens with two attached hydrogens (primary N) is 2. The van der Waals surface area contributed by atoms with Crippen molar-refractivity contribution in [1.82, 2.24) is 63.4 Å². The van der Waals surface area contributed by atoms with Crippen LogP contribution in [-0.4, -0.2) is 223 Å². The number of methoxy groups -OCH3 is 1. The molecule has 17 atom stereocenters. The predicted octanol–water partition coefficient (Wildman–Crippen LogP) is 0.328. The SMILES string of the molecule is COc1cc2cc(c1)CSC[C@@H](C(N)=O)NC(=O)[C@@H]1CCCN1C(=O)[C@H](CC1CCC(O)CC1)NC(=O)[C@H](CC1CNCN1)NC(=O)[C@H](CC(=O)O)NC(=O)C(CC1CNC3CCC(F)CC13)NC(=O)[C@H](CC1CNC3CCC(F)CC13)NC(=O)CNC(=O)[C@H](CCCCN)CC(=O)CCSC2. The molecule has 4 saturated heterocycles. The summed E-state index contributed by atoms with van der Waals surface area (Å²) in [6.07, 6.45) is 2.01. The van der Waals surface area contributed by atoms with E-state index >= 15 is 28.0 Å². The van der Waals surface area contributed by atoms with Gasteiger partial charge in [-0.15, -0.1) is 0 Å². The number of nitrogens with one attached hydrogen (secondary N) is 11. The van der Waals surface area contributed by atoms with Crippen molar-refractivity contribution in [2.24, 2.45) is 47.0 Å². The summed E-state index contributed by atoms with van der Waals surface area (Å²) in [4.78, 5) is 159. The number of carbonyl (C=O) groups excluding carboxylic acids is 10. The third-order valence-corrected chi connectivity index (χ3v) is 24.1. The van der Waals surface area contributed by atoms with Gasteiger partial charge in [-0.25, -0.2) is 8.78 Å². The summed E-state index contributed by atoms with van der Waals surface area (Å²) in [5.41, 5.74) is 13.5. The van der Waals surface area contributed by atoms with Gasteiger partial charge in [0.25, 0.3) is 0 Å². The first-order valence-electron chi connectivity index (χ1n) is 36.8. The van der Waals surface area contributed by atoms with E-state index in [-0.39, 0.29) is 112 Å². The fourth-order valence-electron chi connectivity index (χ4n) is 16.4. The molecule has 0 radical (unpaired) electrons. The largest absolute Gasteiger partial charge is 0.497 e. The summed E-state index contributed by atoms with van der Waals surface area (Å²) in [5, 5.41) is 53.4. The maximum Gasteiger partial charge on any atom is 0.305 e. The molecule has 10 unspecified atom stereocenters. The third kappa shape index (κ3) is 23.4. The molecule has 5 aliphatic heterocycles. The lowest BCUT2D eigenvalue weighted by Gasteiger charge is -2.34. The number of rotatable bonds is 16. The maximum atomic E-state index is 15.3. The van der Waals surface area contributed by atoms with E-state index < -0.39 is 151 Å². The summed E-state index contributed by atoms with van der Waals surface area (Å²) < 4.78 is 36.1. The lowest BCUT2D eigenvalue weighted by atomic mass is 9.76. The van der Waals surface area contributed by atoms with Crippen molar-refractivity contribution >= 4 is 88.4 Å². The second kappa shape index (κ2) is 39.2. The van der Waals surface area contributed by atoms with Crippen molar-refractivity contribution in [3.05, 3.63) is 29.3 Å². The molecule has 3 aliphatic carbocycles. The number of Topliss-reactive ketones (excluding diaryl/α,β-unsaturated/α-hetero) is 1. The molecule has 568 valence electrons. The highest BCUT2D eigenvalue weighted by molar-refractivity contribution is 7.98. The number of hydrogen-bond donors (Lipinski definition) is 15. The Kier molecular flexibility index (Phi) is 30.7. The Labute approximate surface area is 603 Å². The molecule has 102 heavy (non-hydrogen) atoms. The number of benzene rings is 1. The number of carboxylic acids is 1. The Hall–Kier alpha value is -6.29. The summed E-state index contributed by atoms with van der Waals surface area (Å²) >= 11 is 2.84. The van der Waals surface area contributed by atoms with Gasteiger partial charge in [0.15, 0.2) is 0 Å². The van der Waals surface area contributed by atoms with Crippen molar-refractivity contribution in [1.29, 1.82) is 0 Å². The van der Waals surface area contributed by atoms with Gasteiger partial charge in [0.05, 0.1) is 26.2 Å². The number of ketones is 1. The molecule has 17 N–H and O–H groups in total. The Balaban J connectivity index is 1.03. The zero-order valence-corrected chi connectivity index (χ0v) is 60.1. The van der Waals surface area contributed by atoms with Gasteiger partial charge in [0.1, 0.15) is 66.2 Å². The number of alkyl halides is 2. The van der Waals surface area contributed by atoms with Gasteiger partial charge in [-0.05, 0) is 188 Å². The lowest BCUT2D eigenvalue weighted by molar-refractivity contribution is -0.143. The number of aliphatic carboxylic acids is 1. The smallest absolute Gasteiger partial charge is 0.305 e. The summed E-state index contributed by atoms with van der Waals surface area (Å²) in [6.45, 7) is 1.21. The highest BCUT2D eigenvalue weighted by atomic mass is 32.2. The predicted molar refractivity (Wildman–Crippen MR) is 378 cm³/mol. The van der Waals surface area contributed by atoms with Gasteiger partial charge in [-0.2, -0.15) is 23.5 Å². The van der Waals surface area contributed by atoms with E-state index in [9.17, 15) is 43.8 Å². The third-order valence-electron chi connectivity index (χ3n) is 22.0. The molecule has 9 amide bonds. The number of amides is 9. The molecule has 9 rings (SSSR count). The van der Waals surface area contributed by atoms with Gasteiger partial charge in [0.2, 0.25) is 53.2 Å². The molecule has 5 heterocycles. The lowest BCUT2D eigenvalue weighted by Crippen LogP contribution is -2.61. The van der Waals surface area contributed by atoms with E-state index in [1.54, 1.807) is 0 Å². The van der Waals surface area contributed by atoms with Gasteiger partial charge < -0.3 is 89.8 Å². The molecule has 1 aromatic carbocycles. The fourth-order valence-corrected chi connectivity index (χ4v) is 18.3. The van der Waals surface area contributed by atoms with Crippen LogP contribution in [0.1, 0.15) is 152 Å². The van der Waals surface area contributed by atoms with Gasteiger partial charge in [-0.1, -0.05) is 12.5 Å². The van der Waals surface area contributed by atoms with Crippen LogP contribution in [0.5, 0.6) is 5.75 Å². The first-order valence-corrected chi connectivity index (χ1v) is 39.1. The Morgan fingerprint density at radius 3 is 1.85 bits per heavy atom. The zero-order chi connectivity index (χ0) is 73.0. The van der Waals surface area contributed by atoms with E-state index in [1.807, 2.05) is 18.2 Å². The molecule has 2 bridgehead atoms. The molecule has 0 aromatic heterocycles. The van der Waals surface area contributed by atoms with Crippen LogP contribution in [0.2, 0.25) is 0 Å². The van der Waals surface area contributed by atoms with Crippen LogP contribution >= 0.6 is 23.5 Å². The van der Waals surface area contributed by atoms with Crippen molar-refractivity contribution < 1.29 is 76.5 Å². The average molecular weight is 1470 g/mol. The molecule has 1 aromatic rings. The molecule has 8 aliphatic rings. The number of primary amides is 1. The highest BCUT2D eigenvalue weighted by Gasteiger charge is 2.47. The second-order valence-corrected chi connectivity index (χ2v) is 31.5. The number of halogens is 2. The minimum Gasteiger partial charge on any atom is -0.497 e. The number of aliphatic hydroxyl groups is 1. The topological polar surface area (TPSA) is 425 Å². The molecule has 7 fully saturated rings.